The van der Waals surface area contributed by atoms with Gasteiger partial charge in [0.15, 0.2) is 0 Å². The number of hydrogen-bond donors (Lipinski definition) is 1. The number of aryl methyl sites for hydroxylation is 4. The zero-order chi connectivity index (χ0) is 22.2. The van der Waals surface area contributed by atoms with Gasteiger partial charge in [0.1, 0.15) is 0 Å². The Morgan fingerprint density at radius 1 is 0.871 bits per heavy atom. The highest BCUT2D eigenvalue weighted by molar-refractivity contribution is 6.05. The van der Waals surface area contributed by atoms with Crippen LogP contribution >= 0.6 is 0 Å². The molecule has 4 rings (SSSR count). The van der Waals surface area contributed by atoms with Gasteiger partial charge >= 0.3 is 0 Å². The van der Waals surface area contributed by atoms with Gasteiger partial charge in [0.2, 0.25) is 0 Å². The summed E-state index contributed by atoms with van der Waals surface area (Å²) in [5.74, 6) is -0.180. The molecule has 3 aromatic rings. The third kappa shape index (κ3) is 3.93. The van der Waals surface area contributed by atoms with Gasteiger partial charge in [-0.25, -0.2) is 5.43 Å². The lowest BCUT2D eigenvalue weighted by molar-refractivity contribution is 0.0954. The van der Waals surface area contributed by atoms with E-state index in [1.54, 1.807) is 12.1 Å². The summed E-state index contributed by atoms with van der Waals surface area (Å²) in [5, 5.41) is 4.58. The molecule has 0 bridgehead atoms. The van der Waals surface area contributed by atoms with Crippen molar-refractivity contribution in [1.29, 1.82) is 0 Å². The van der Waals surface area contributed by atoms with Crippen LogP contribution in [-0.4, -0.2) is 11.6 Å². The number of hydrazone groups is 1. The van der Waals surface area contributed by atoms with Crippen LogP contribution in [0.25, 0.3) is 0 Å². The smallest absolute Gasteiger partial charge is 0.267 e. The zero-order valence-electron chi connectivity index (χ0n) is 19.0. The first-order valence-corrected chi connectivity index (χ1v) is 10.9. The fourth-order valence-electron chi connectivity index (χ4n) is 4.42. The molecule has 0 heterocycles. The van der Waals surface area contributed by atoms with E-state index in [1.807, 2.05) is 18.2 Å². The van der Waals surface area contributed by atoms with Gasteiger partial charge in [-0.15, -0.1) is 0 Å². The Hall–Kier alpha value is -3.20. The molecule has 3 nitrogen and oxygen atoms in total. The summed E-state index contributed by atoms with van der Waals surface area (Å²) in [4.78, 5) is 12.5. The van der Waals surface area contributed by atoms with Crippen molar-refractivity contribution in [1.82, 2.24) is 5.43 Å². The van der Waals surface area contributed by atoms with Crippen molar-refractivity contribution in [2.75, 3.05) is 0 Å². The fraction of sp³-hybridized carbons (Fsp3) is 0.286. The van der Waals surface area contributed by atoms with Crippen LogP contribution in [0.1, 0.15) is 69.1 Å². The first-order valence-electron chi connectivity index (χ1n) is 10.9. The Balaban J connectivity index is 1.76. The number of fused-ring (bicyclic) bond motifs is 1. The van der Waals surface area contributed by atoms with Gasteiger partial charge in [0.25, 0.3) is 5.91 Å². The number of nitrogens with zero attached hydrogens (tertiary/aromatic N) is 1. The molecule has 3 heteroatoms. The number of amides is 1. The minimum Gasteiger partial charge on any atom is -0.267 e. The molecular formula is C28H30N2O. The minimum absolute atomic E-state index is 0.0886. The molecule has 0 aliphatic heterocycles. The molecule has 0 saturated carbocycles. The lowest BCUT2D eigenvalue weighted by Crippen LogP contribution is -2.33. The van der Waals surface area contributed by atoms with Crippen molar-refractivity contribution in [3.63, 3.8) is 0 Å². The van der Waals surface area contributed by atoms with E-state index in [0.29, 0.717) is 5.56 Å². The summed E-state index contributed by atoms with van der Waals surface area (Å²) < 4.78 is 0. The van der Waals surface area contributed by atoms with Crippen molar-refractivity contribution in [2.24, 2.45) is 5.10 Å². The third-order valence-electron chi connectivity index (χ3n) is 6.87. The van der Waals surface area contributed by atoms with Crippen LogP contribution in [0, 0.1) is 27.7 Å². The van der Waals surface area contributed by atoms with Crippen molar-refractivity contribution >= 4 is 11.6 Å². The summed E-state index contributed by atoms with van der Waals surface area (Å²) in [5.41, 5.74) is 13.2. The van der Waals surface area contributed by atoms with Gasteiger partial charge in [0.05, 0.1) is 5.71 Å². The summed E-state index contributed by atoms with van der Waals surface area (Å²) in [7, 11) is 0. The largest absolute Gasteiger partial charge is 0.271 e. The number of benzene rings is 3. The van der Waals surface area contributed by atoms with Crippen molar-refractivity contribution < 1.29 is 4.79 Å². The molecule has 0 spiro atoms. The number of hydrogen-bond acceptors (Lipinski definition) is 2. The molecule has 1 aliphatic rings. The van der Waals surface area contributed by atoms with E-state index in [-0.39, 0.29) is 11.3 Å². The molecule has 1 atom stereocenters. The molecule has 3 aromatic carbocycles. The average molecular weight is 411 g/mol. The minimum atomic E-state index is -0.180. The van der Waals surface area contributed by atoms with E-state index < -0.39 is 0 Å². The highest BCUT2D eigenvalue weighted by Crippen LogP contribution is 2.43. The van der Waals surface area contributed by atoms with Gasteiger partial charge < -0.3 is 0 Å². The maximum atomic E-state index is 12.5. The molecule has 158 valence electrons. The second-order valence-corrected chi connectivity index (χ2v) is 8.98. The molecule has 0 radical (unpaired) electrons. The van der Waals surface area contributed by atoms with E-state index in [4.69, 9.17) is 0 Å². The standard InChI is InChI=1S/C28H30N2O/c1-18-11-12-23(15-19(18)2)28(5)14-13-26(24-16-20(3)21(4)17-25(24)28)29-30-27(31)22-9-7-6-8-10-22/h6-12,15-17H,13-14H2,1-5H3,(H,30,31)/b29-26-. The Kier molecular flexibility index (Phi) is 5.53. The van der Waals surface area contributed by atoms with Crippen LogP contribution in [0.2, 0.25) is 0 Å². The average Bonchev–Trinajstić information content (AvgIpc) is 2.77. The summed E-state index contributed by atoms with van der Waals surface area (Å²) in [6.45, 7) is 11.0. The lowest BCUT2D eigenvalue weighted by atomic mass is 9.66. The first kappa shape index (κ1) is 21.0. The van der Waals surface area contributed by atoms with Gasteiger partial charge in [0, 0.05) is 16.5 Å². The Morgan fingerprint density at radius 2 is 1.55 bits per heavy atom. The zero-order valence-corrected chi connectivity index (χ0v) is 19.0. The van der Waals surface area contributed by atoms with Crippen LogP contribution in [0.15, 0.2) is 65.8 Å². The second kappa shape index (κ2) is 8.14. The molecular weight excluding hydrogens is 380 g/mol. The monoisotopic (exact) mass is 410 g/mol. The normalized spacial score (nSPS) is 19.2. The van der Waals surface area contributed by atoms with Crippen LogP contribution in [-0.2, 0) is 5.41 Å². The van der Waals surface area contributed by atoms with E-state index >= 15 is 0 Å². The summed E-state index contributed by atoms with van der Waals surface area (Å²) in [6, 6.07) is 20.6. The number of rotatable bonds is 3. The Labute approximate surface area is 185 Å². The first-order chi connectivity index (χ1) is 14.8. The van der Waals surface area contributed by atoms with Crippen LogP contribution in [0.4, 0.5) is 0 Å². The van der Waals surface area contributed by atoms with Crippen LogP contribution < -0.4 is 5.43 Å². The van der Waals surface area contributed by atoms with Gasteiger partial charge in [-0.3, -0.25) is 4.79 Å². The van der Waals surface area contributed by atoms with E-state index in [0.717, 1.165) is 24.1 Å². The van der Waals surface area contributed by atoms with Crippen LogP contribution in [0.5, 0.6) is 0 Å². The maximum absolute atomic E-state index is 12.5. The van der Waals surface area contributed by atoms with Crippen molar-refractivity contribution in [3.05, 3.63) is 105 Å². The molecule has 0 saturated heterocycles. The predicted octanol–water partition coefficient (Wildman–Crippen LogP) is 6.15. The summed E-state index contributed by atoms with van der Waals surface area (Å²) in [6.07, 6.45) is 1.76. The highest BCUT2D eigenvalue weighted by atomic mass is 16.2. The van der Waals surface area contributed by atoms with Gasteiger partial charge in [-0.1, -0.05) is 49.4 Å². The molecule has 1 aliphatic carbocycles. The number of nitrogens with one attached hydrogen (secondary N) is 1. The highest BCUT2D eigenvalue weighted by Gasteiger charge is 2.37. The van der Waals surface area contributed by atoms with Crippen molar-refractivity contribution in [3.8, 4) is 0 Å². The number of carbonyl (C=O) groups excluding carboxylic acids is 1. The third-order valence-corrected chi connectivity index (χ3v) is 6.87. The molecule has 1 N–H and O–H groups in total. The molecule has 0 aromatic heterocycles. The van der Waals surface area contributed by atoms with Gasteiger partial charge in [-0.05, 0) is 92.1 Å². The Bertz CT molecular complexity index is 1180. The lowest BCUT2D eigenvalue weighted by Gasteiger charge is -2.38. The predicted molar refractivity (Wildman–Crippen MR) is 128 cm³/mol. The topological polar surface area (TPSA) is 41.5 Å². The molecule has 1 amide bonds. The number of carbonyl (C=O) groups is 1. The van der Waals surface area contributed by atoms with E-state index in [2.05, 4.69) is 75.5 Å². The van der Waals surface area contributed by atoms with E-state index in [1.165, 1.54) is 33.4 Å². The Morgan fingerprint density at radius 3 is 2.26 bits per heavy atom. The summed E-state index contributed by atoms with van der Waals surface area (Å²) >= 11 is 0. The van der Waals surface area contributed by atoms with Gasteiger partial charge in [-0.2, -0.15) is 5.10 Å². The maximum Gasteiger partial charge on any atom is 0.271 e. The second-order valence-electron chi connectivity index (χ2n) is 8.98. The molecule has 1 unspecified atom stereocenters. The fourth-order valence-corrected chi connectivity index (χ4v) is 4.42. The quantitative estimate of drug-likeness (QED) is 0.517. The van der Waals surface area contributed by atoms with Crippen molar-refractivity contribution in [2.45, 2.75) is 52.9 Å². The molecule has 0 fully saturated rings. The van der Waals surface area contributed by atoms with E-state index in [9.17, 15) is 4.79 Å². The SMILES string of the molecule is Cc1ccc(C2(C)CC/C(=N/NC(=O)c3ccccc3)c3cc(C)c(C)cc32)cc1C. The van der Waals surface area contributed by atoms with Crippen LogP contribution in [0.3, 0.4) is 0 Å². The molecule has 31 heavy (non-hydrogen) atoms.